The molecule has 5 rings (SSSR count). The molecular formula is C25H24N4O5S. The summed E-state index contributed by atoms with van der Waals surface area (Å²) in [5.74, 6) is 1.56. The van der Waals surface area contributed by atoms with E-state index in [2.05, 4.69) is 10.4 Å². The van der Waals surface area contributed by atoms with Gasteiger partial charge in [0.25, 0.3) is 5.91 Å². The zero-order valence-corrected chi connectivity index (χ0v) is 20.1. The molecule has 10 heteroatoms. The highest BCUT2D eigenvalue weighted by Crippen LogP contribution is 2.39. The molecule has 0 saturated carbocycles. The molecule has 2 aliphatic heterocycles. The summed E-state index contributed by atoms with van der Waals surface area (Å²) in [6.45, 7) is 0.0262. The molecule has 0 saturated heterocycles. The highest BCUT2D eigenvalue weighted by Gasteiger charge is 2.35. The number of hydrazone groups is 1. The van der Waals surface area contributed by atoms with Gasteiger partial charge in [-0.2, -0.15) is 5.10 Å². The Morgan fingerprint density at radius 2 is 2.00 bits per heavy atom. The number of ether oxygens (including phenoxy) is 3. The van der Waals surface area contributed by atoms with Crippen molar-refractivity contribution >= 4 is 34.7 Å². The van der Waals surface area contributed by atoms with Gasteiger partial charge < -0.3 is 24.4 Å². The van der Waals surface area contributed by atoms with E-state index in [1.165, 1.54) is 17.0 Å². The van der Waals surface area contributed by atoms with Crippen molar-refractivity contribution in [3.63, 3.8) is 0 Å². The Labute approximate surface area is 206 Å². The summed E-state index contributed by atoms with van der Waals surface area (Å²) < 4.78 is 16.2. The second kappa shape index (κ2) is 9.67. The first-order chi connectivity index (χ1) is 17.0. The zero-order valence-electron chi connectivity index (χ0n) is 19.3. The Morgan fingerprint density at radius 1 is 1.17 bits per heavy atom. The SMILES string of the molecule is COc1ccccc1NC(=O)N(C)CC(=O)N1N=C(c2cccs2)CC1c1ccc2c(c1)OCO2. The van der Waals surface area contributed by atoms with Gasteiger partial charge in [0.05, 0.1) is 29.4 Å². The van der Waals surface area contributed by atoms with Crippen LogP contribution in [0, 0.1) is 0 Å². The van der Waals surface area contributed by atoms with E-state index >= 15 is 0 Å². The number of thiophene rings is 1. The standard InChI is InChI=1S/C25H24N4O5S/c1-28(25(31)26-17-6-3-4-7-20(17)32-2)14-24(30)29-19(13-18(27-29)23-8-5-11-35-23)16-9-10-21-22(12-16)34-15-33-21/h3-12,19H,13-15H2,1-2H3,(H,26,31). The Balaban J connectivity index is 1.34. The minimum absolute atomic E-state index is 0.150. The molecule has 0 spiro atoms. The fourth-order valence-corrected chi connectivity index (χ4v) is 4.74. The Bertz CT molecular complexity index is 1280. The number of benzene rings is 2. The molecule has 3 amide bonds. The van der Waals surface area contributed by atoms with Gasteiger partial charge in [0, 0.05) is 13.5 Å². The number of hydrogen-bond donors (Lipinski definition) is 1. The number of carbonyl (C=O) groups excluding carboxylic acids is 2. The highest BCUT2D eigenvalue weighted by molar-refractivity contribution is 7.12. The van der Waals surface area contributed by atoms with Crippen LogP contribution in [-0.2, 0) is 4.79 Å². The van der Waals surface area contributed by atoms with E-state index in [9.17, 15) is 9.59 Å². The van der Waals surface area contributed by atoms with E-state index in [-0.39, 0.29) is 25.3 Å². The first-order valence-electron chi connectivity index (χ1n) is 11.0. The van der Waals surface area contributed by atoms with Crippen LogP contribution in [0.3, 0.4) is 0 Å². The van der Waals surface area contributed by atoms with Gasteiger partial charge in [-0.05, 0) is 41.3 Å². The molecule has 0 aliphatic carbocycles. The number of nitrogens with one attached hydrogen (secondary N) is 1. The van der Waals surface area contributed by atoms with Crippen LogP contribution in [0.25, 0.3) is 0 Å². The second-order valence-electron chi connectivity index (χ2n) is 8.08. The number of urea groups is 1. The number of likely N-dealkylation sites (N-methyl/N-ethyl adjacent to an activating group) is 1. The number of para-hydroxylation sites is 2. The van der Waals surface area contributed by atoms with Crippen LogP contribution in [-0.4, -0.2) is 55.1 Å². The topological polar surface area (TPSA) is 92.7 Å². The molecule has 1 atom stereocenters. The van der Waals surface area contributed by atoms with E-state index in [4.69, 9.17) is 14.2 Å². The lowest BCUT2D eigenvalue weighted by molar-refractivity contribution is -0.133. The van der Waals surface area contributed by atoms with Crippen LogP contribution < -0.4 is 19.5 Å². The van der Waals surface area contributed by atoms with Crippen LogP contribution >= 0.6 is 11.3 Å². The van der Waals surface area contributed by atoms with Crippen molar-refractivity contribution in [1.29, 1.82) is 0 Å². The van der Waals surface area contributed by atoms with E-state index in [1.807, 2.05) is 41.8 Å². The van der Waals surface area contributed by atoms with Crippen molar-refractivity contribution in [3.05, 3.63) is 70.4 Å². The van der Waals surface area contributed by atoms with Gasteiger partial charge in [0.15, 0.2) is 11.5 Å². The summed E-state index contributed by atoms with van der Waals surface area (Å²) in [4.78, 5) is 28.5. The summed E-state index contributed by atoms with van der Waals surface area (Å²) in [6, 6.07) is 15.9. The Kier molecular flexibility index (Phi) is 6.28. The summed E-state index contributed by atoms with van der Waals surface area (Å²) in [6.07, 6.45) is 0.559. The minimum Gasteiger partial charge on any atom is -0.495 e. The van der Waals surface area contributed by atoms with Crippen LogP contribution in [0.4, 0.5) is 10.5 Å². The van der Waals surface area contributed by atoms with Gasteiger partial charge >= 0.3 is 6.03 Å². The molecule has 180 valence electrons. The minimum atomic E-state index is -0.427. The zero-order chi connectivity index (χ0) is 24.4. The lowest BCUT2D eigenvalue weighted by Crippen LogP contribution is -2.41. The largest absolute Gasteiger partial charge is 0.495 e. The molecule has 0 radical (unpaired) electrons. The first-order valence-corrected chi connectivity index (χ1v) is 11.9. The number of amides is 3. The Hall–Kier alpha value is -4.05. The monoisotopic (exact) mass is 492 g/mol. The van der Waals surface area contributed by atoms with Crippen LogP contribution in [0.2, 0.25) is 0 Å². The number of methoxy groups -OCH3 is 1. The second-order valence-corrected chi connectivity index (χ2v) is 9.03. The number of hydrogen-bond acceptors (Lipinski definition) is 7. The maximum atomic E-state index is 13.4. The molecule has 3 aromatic rings. The molecule has 2 aliphatic rings. The van der Waals surface area contributed by atoms with Crippen LogP contribution in [0.1, 0.15) is 22.9 Å². The number of fused-ring (bicyclic) bond motifs is 1. The molecule has 1 aromatic heterocycles. The molecule has 2 aromatic carbocycles. The quantitative estimate of drug-likeness (QED) is 0.553. The lowest BCUT2D eigenvalue weighted by Gasteiger charge is -2.25. The molecule has 1 N–H and O–H groups in total. The predicted molar refractivity (Wildman–Crippen MR) is 132 cm³/mol. The van der Waals surface area contributed by atoms with Crippen molar-refractivity contribution in [1.82, 2.24) is 9.91 Å². The number of anilines is 1. The number of carbonyl (C=O) groups is 2. The molecule has 3 heterocycles. The van der Waals surface area contributed by atoms with Crippen molar-refractivity contribution in [3.8, 4) is 17.2 Å². The summed E-state index contributed by atoms with van der Waals surface area (Å²) >= 11 is 1.57. The molecule has 1 unspecified atom stereocenters. The molecular weight excluding hydrogens is 468 g/mol. The van der Waals surface area contributed by atoms with Crippen molar-refractivity contribution in [2.75, 3.05) is 32.8 Å². The smallest absolute Gasteiger partial charge is 0.322 e. The summed E-state index contributed by atoms with van der Waals surface area (Å²) in [7, 11) is 3.10. The first kappa shape index (κ1) is 22.7. The molecule has 9 nitrogen and oxygen atoms in total. The molecule has 0 fully saturated rings. The predicted octanol–water partition coefficient (Wildman–Crippen LogP) is 4.33. The van der Waals surface area contributed by atoms with Gasteiger partial charge in [0.1, 0.15) is 12.3 Å². The highest BCUT2D eigenvalue weighted by atomic mass is 32.1. The molecule has 0 bridgehead atoms. The third-order valence-electron chi connectivity index (χ3n) is 5.82. The van der Waals surface area contributed by atoms with E-state index in [1.54, 1.807) is 36.6 Å². The van der Waals surface area contributed by atoms with Gasteiger partial charge in [-0.15, -0.1) is 11.3 Å². The normalized spacial score (nSPS) is 16.1. The van der Waals surface area contributed by atoms with Gasteiger partial charge in [-0.1, -0.05) is 24.3 Å². The van der Waals surface area contributed by atoms with Gasteiger partial charge in [-0.25, -0.2) is 9.80 Å². The third-order valence-corrected chi connectivity index (χ3v) is 6.74. The maximum absolute atomic E-state index is 13.4. The van der Waals surface area contributed by atoms with E-state index < -0.39 is 6.03 Å². The van der Waals surface area contributed by atoms with Crippen LogP contribution in [0.15, 0.2) is 65.1 Å². The Morgan fingerprint density at radius 3 is 2.80 bits per heavy atom. The summed E-state index contributed by atoms with van der Waals surface area (Å²) in [5.41, 5.74) is 2.24. The fourth-order valence-electron chi connectivity index (χ4n) is 4.02. The van der Waals surface area contributed by atoms with E-state index in [0.29, 0.717) is 29.4 Å². The van der Waals surface area contributed by atoms with E-state index in [0.717, 1.165) is 16.2 Å². The average Bonchev–Trinajstić information content (AvgIpc) is 3.64. The maximum Gasteiger partial charge on any atom is 0.322 e. The van der Waals surface area contributed by atoms with Crippen molar-refractivity contribution in [2.24, 2.45) is 5.10 Å². The van der Waals surface area contributed by atoms with Gasteiger partial charge in [0.2, 0.25) is 6.79 Å². The number of rotatable bonds is 6. The van der Waals surface area contributed by atoms with Gasteiger partial charge in [-0.3, -0.25) is 4.79 Å². The average molecular weight is 493 g/mol. The summed E-state index contributed by atoms with van der Waals surface area (Å²) in [5, 5.41) is 10.9. The number of nitrogens with zero attached hydrogens (tertiary/aromatic N) is 3. The van der Waals surface area contributed by atoms with Crippen molar-refractivity contribution < 1.29 is 23.8 Å². The lowest BCUT2D eigenvalue weighted by atomic mass is 10.0. The molecule has 35 heavy (non-hydrogen) atoms. The third kappa shape index (κ3) is 4.65. The van der Waals surface area contributed by atoms with Crippen LogP contribution in [0.5, 0.6) is 17.2 Å². The van der Waals surface area contributed by atoms with Crippen molar-refractivity contribution in [2.45, 2.75) is 12.5 Å². The fraction of sp³-hybridized carbons (Fsp3) is 0.240.